The number of benzene rings is 1. The SMILES string of the molecule is CNC1CC(C)(C)c2cc(OC)ccc2C1=O. The van der Waals surface area contributed by atoms with Gasteiger partial charge >= 0.3 is 0 Å². The molecule has 1 aliphatic carbocycles. The van der Waals surface area contributed by atoms with Crippen LogP contribution in [0.2, 0.25) is 0 Å². The molecule has 17 heavy (non-hydrogen) atoms. The van der Waals surface area contributed by atoms with Crippen LogP contribution in [0.4, 0.5) is 0 Å². The van der Waals surface area contributed by atoms with Gasteiger partial charge in [0, 0.05) is 5.56 Å². The van der Waals surface area contributed by atoms with E-state index in [1.165, 1.54) is 0 Å². The van der Waals surface area contributed by atoms with Crippen molar-refractivity contribution in [1.82, 2.24) is 5.32 Å². The molecule has 0 spiro atoms. The summed E-state index contributed by atoms with van der Waals surface area (Å²) in [5.41, 5.74) is 1.90. The van der Waals surface area contributed by atoms with E-state index in [4.69, 9.17) is 4.74 Å². The van der Waals surface area contributed by atoms with E-state index in [1.54, 1.807) is 7.11 Å². The van der Waals surface area contributed by atoms with E-state index in [1.807, 2.05) is 25.2 Å². The maximum Gasteiger partial charge on any atom is 0.180 e. The van der Waals surface area contributed by atoms with E-state index in [2.05, 4.69) is 19.2 Å². The highest BCUT2D eigenvalue weighted by atomic mass is 16.5. The normalized spacial score (nSPS) is 22.1. The van der Waals surface area contributed by atoms with Crippen LogP contribution in [-0.4, -0.2) is 26.0 Å². The molecule has 1 atom stereocenters. The molecule has 1 aliphatic rings. The van der Waals surface area contributed by atoms with Crippen molar-refractivity contribution in [2.45, 2.75) is 31.7 Å². The molecule has 1 N–H and O–H groups in total. The predicted molar refractivity (Wildman–Crippen MR) is 67.8 cm³/mol. The van der Waals surface area contributed by atoms with E-state index in [0.29, 0.717) is 0 Å². The van der Waals surface area contributed by atoms with Crippen LogP contribution in [0.15, 0.2) is 18.2 Å². The molecule has 0 saturated heterocycles. The van der Waals surface area contributed by atoms with Gasteiger partial charge in [-0.05, 0) is 42.6 Å². The molecule has 0 fully saturated rings. The topological polar surface area (TPSA) is 38.3 Å². The highest BCUT2D eigenvalue weighted by Crippen LogP contribution is 2.38. The van der Waals surface area contributed by atoms with Gasteiger partial charge in [0.1, 0.15) is 5.75 Å². The molecule has 2 rings (SSSR count). The predicted octanol–water partition coefficient (Wildman–Crippen LogP) is 2.15. The lowest BCUT2D eigenvalue weighted by atomic mass is 9.70. The Kier molecular flexibility index (Phi) is 2.96. The number of carbonyl (C=O) groups excluding carboxylic acids is 1. The number of likely N-dealkylation sites (N-methyl/N-ethyl adjacent to an activating group) is 1. The van der Waals surface area contributed by atoms with Gasteiger partial charge in [0.15, 0.2) is 5.78 Å². The number of fused-ring (bicyclic) bond motifs is 1. The third-order valence-corrected chi connectivity index (χ3v) is 3.60. The maximum absolute atomic E-state index is 12.2. The molecule has 1 unspecified atom stereocenters. The first kappa shape index (κ1) is 12.1. The average molecular weight is 233 g/mol. The number of Topliss-reactive ketones (excluding diaryl/α,β-unsaturated/α-hetero) is 1. The maximum atomic E-state index is 12.2. The highest BCUT2D eigenvalue weighted by molar-refractivity contribution is 6.03. The van der Waals surface area contributed by atoms with Gasteiger partial charge in [0.2, 0.25) is 0 Å². The van der Waals surface area contributed by atoms with Gasteiger partial charge in [-0.3, -0.25) is 4.79 Å². The fraction of sp³-hybridized carbons (Fsp3) is 0.500. The first-order valence-electron chi connectivity index (χ1n) is 5.89. The number of rotatable bonds is 2. The smallest absolute Gasteiger partial charge is 0.180 e. The van der Waals surface area contributed by atoms with E-state index in [9.17, 15) is 4.79 Å². The molecule has 0 radical (unpaired) electrons. The van der Waals surface area contributed by atoms with Crippen molar-refractivity contribution in [2.24, 2.45) is 0 Å². The van der Waals surface area contributed by atoms with Crippen LogP contribution in [0.1, 0.15) is 36.2 Å². The Morgan fingerprint density at radius 1 is 1.41 bits per heavy atom. The minimum absolute atomic E-state index is 0.00847. The number of nitrogens with one attached hydrogen (secondary N) is 1. The minimum atomic E-state index is -0.0779. The van der Waals surface area contributed by atoms with Crippen LogP contribution in [-0.2, 0) is 5.41 Å². The largest absolute Gasteiger partial charge is 0.497 e. The number of carbonyl (C=O) groups is 1. The Hall–Kier alpha value is -1.35. The van der Waals surface area contributed by atoms with Gasteiger partial charge in [-0.2, -0.15) is 0 Å². The van der Waals surface area contributed by atoms with E-state index in [-0.39, 0.29) is 17.2 Å². The number of hydrogen-bond acceptors (Lipinski definition) is 3. The Balaban J connectivity index is 2.55. The lowest BCUT2D eigenvalue weighted by Gasteiger charge is -2.36. The third kappa shape index (κ3) is 1.95. The molecule has 92 valence electrons. The Labute approximate surface area is 102 Å². The fourth-order valence-corrected chi connectivity index (χ4v) is 2.56. The standard InChI is InChI=1S/C14H19NO2/c1-14(2)8-12(15-3)13(16)10-6-5-9(17-4)7-11(10)14/h5-7,12,15H,8H2,1-4H3. The molecule has 0 bridgehead atoms. The lowest BCUT2D eigenvalue weighted by molar-refractivity contribution is 0.0910. The van der Waals surface area contributed by atoms with Crippen LogP contribution in [0.25, 0.3) is 0 Å². The zero-order chi connectivity index (χ0) is 12.6. The van der Waals surface area contributed by atoms with Gasteiger partial charge in [-0.25, -0.2) is 0 Å². The van der Waals surface area contributed by atoms with Crippen LogP contribution in [0.5, 0.6) is 5.75 Å². The molecule has 0 aliphatic heterocycles. The van der Waals surface area contributed by atoms with Crippen molar-refractivity contribution in [3.63, 3.8) is 0 Å². The summed E-state index contributed by atoms with van der Waals surface area (Å²) in [5, 5.41) is 3.10. The Morgan fingerprint density at radius 2 is 2.12 bits per heavy atom. The zero-order valence-corrected chi connectivity index (χ0v) is 10.8. The van der Waals surface area contributed by atoms with Crippen LogP contribution >= 0.6 is 0 Å². The summed E-state index contributed by atoms with van der Waals surface area (Å²) in [5.74, 6) is 0.997. The van der Waals surface area contributed by atoms with Gasteiger partial charge < -0.3 is 10.1 Å². The van der Waals surface area contributed by atoms with Gasteiger partial charge in [0.05, 0.1) is 13.2 Å². The fourth-order valence-electron chi connectivity index (χ4n) is 2.56. The van der Waals surface area contributed by atoms with Crippen molar-refractivity contribution in [3.05, 3.63) is 29.3 Å². The molecule has 3 nitrogen and oxygen atoms in total. The molecule has 0 aromatic heterocycles. The van der Waals surface area contributed by atoms with Crippen molar-refractivity contribution < 1.29 is 9.53 Å². The summed E-state index contributed by atoms with van der Waals surface area (Å²) in [7, 11) is 3.49. The first-order chi connectivity index (χ1) is 7.99. The van der Waals surface area contributed by atoms with E-state index in [0.717, 1.165) is 23.3 Å². The molecular formula is C14H19NO2. The van der Waals surface area contributed by atoms with Gasteiger partial charge in [-0.1, -0.05) is 13.8 Å². The number of hydrogen-bond donors (Lipinski definition) is 1. The Bertz CT molecular complexity index is 452. The molecular weight excluding hydrogens is 214 g/mol. The second-order valence-electron chi connectivity index (χ2n) is 5.21. The monoisotopic (exact) mass is 233 g/mol. The van der Waals surface area contributed by atoms with E-state index < -0.39 is 0 Å². The first-order valence-corrected chi connectivity index (χ1v) is 5.89. The van der Waals surface area contributed by atoms with Crippen LogP contribution in [0, 0.1) is 0 Å². The second kappa shape index (κ2) is 4.15. The van der Waals surface area contributed by atoms with Gasteiger partial charge in [-0.15, -0.1) is 0 Å². The average Bonchev–Trinajstić information content (AvgIpc) is 2.33. The summed E-state index contributed by atoms with van der Waals surface area (Å²) >= 11 is 0. The molecule has 0 amide bonds. The van der Waals surface area contributed by atoms with Crippen LogP contribution in [0.3, 0.4) is 0 Å². The molecule has 0 saturated carbocycles. The number of ether oxygens (including phenoxy) is 1. The molecule has 3 heteroatoms. The van der Waals surface area contributed by atoms with Crippen molar-refractivity contribution >= 4 is 5.78 Å². The van der Waals surface area contributed by atoms with Crippen LogP contribution < -0.4 is 10.1 Å². The quantitative estimate of drug-likeness (QED) is 0.850. The molecule has 1 aromatic carbocycles. The summed E-state index contributed by atoms with van der Waals surface area (Å²) in [4.78, 5) is 12.2. The molecule has 0 heterocycles. The summed E-state index contributed by atoms with van der Waals surface area (Å²) in [6.07, 6.45) is 0.822. The van der Waals surface area contributed by atoms with E-state index >= 15 is 0 Å². The third-order valence-electron chi connectivity index (χ3n) is 3.60. The van der Waals surface area contributed by atoms with Gasteiger partial charge in [0.25, 0.3) is 0 Å². The summed E-state index contributed by atoms with van der Waals surface area (Å²) in [6, 6.07) is 5.64. The minimum Gasteiger partial charge on any atom is -0.497 e. The number of methoxy groups -OCH3 is 1. The Morgan fingerprint density at radius 3 is 2.71 bits per heavy atom. The zero-order valence-electron chi connectivity index (χ0n) is 10.8. The summed E-state index contributed by atoms with van der Waals surface area (Å²) < 4.78 is 5.24. The second-order valence-corrected chi connectivity index (χ2v) is 5.21. The van der Waals surface area contributed by atoms with Crippen molar-refractivity contribution in [1.29, 1.82) is 0 Å². The van der Waals surface area contributed by atoms with Crippen molar-refractivity contribution in [2.75, 3.05) is 14.2 Å². The highest BCUT2D eigenvalue weighted by Gasteiger charge is 2.37. The van der Waals surface area contributed by atoms with Crippen molar-refractivity contribution in [3.8, 4) is 5.75 Å². The lowest BCUT2D eigenvalue weighted by Crippen LogP contribution is -2.44. The molecule has 1 aromatic rings. The summed E-state index contributed by atoms with van der Waals surface area (Å²) in [6.45, 7) is 4.34. The number of ketones is 1.